The smallest absolute Gasteiger partial charge is 0.254 e. The molecule has 1 amide bonds. The number of aliphatic hydroxyl groups excluding tert-OH is 1. The summed E-state index contributed by atoms with van der Waals surface area (Å²) in [4.78, 5) is 19.7. The number of nitrogens with zero attached hydrogens (tertiary/aromatic N) is 4. The molecule has 6 nitrogen and oxygen atoms in total. The summed E-state index contributed by atoms with van der Waals surface area (Å²) in [5.74, 6) is 0.711. The molecule has 1 aliphatic heterocycles. The van der Waals surface area contributed by atoms with Crippen LogP contribution in [0.2, 0.25) is 0 Å². The van der Waals surface area contributed by atoms with Crippen LogP contribution in [0.25, 0.3) is 11.0 Å². The van der Waals surface area contributed by atoms with Gasteiger partial charge in [-0.15, -0.1) is 0 Å². The van der Waals surface area contributed by atoms with Gasteiger partial charge in [0.2, 0.25) is 0 Å². The molecule has 2 atom stereocenters. The van der Waals surface area contributed by atoms with Crippen LogP contribution >= 0.6 is 0 Å². The molecule has 2 unspecified atom stereocenters. The summed E-state index contributed by atoms with van der Waals surface area (Å²) in [6.07, 6.45) is 2.67. The molecule has 0 aromatic carbocycles. The lowest BCUT2D eigenvalue weighted by molar-refractivity contribution is 0.0249. The van der Waals surface area contributed by atoms with Crippen molar-refractivity contribution in [3.63, 3.8) is 0 Å². The fourth-order valence-corrected chi connectivity index (χ4v) is 3.62. The largest absolute Gasteiger partial charge is 0.391 e. The van der Waals surface area contributed by atoms with Crippen molar-refractivity contribution in [2.45, 2.75) is 45.1 Å². The number of piperidine rings is 1. The van der Waals surface area contributed by atoms with E-state index in [2.05, 4.69) is 5.10 Å². The second-order valence-corrected chi connectivity index (χ2v) is 7.36. The number of amides is 1. The van der Waals surface area contributed by atoms with Crippen LogP contribution in [-0.2, 0) is 7.05 Å². The van der Waals surface area contributed by atoms with Crippen molar-refractivity contribution in [2.24, 2.45) is 13.0 Å². The molecule has 0 radical (unpaired) electrons. The molecule has 1 saturated heterocycles. The molecule has 2 aromatic heterocycles. The van der Waals surface area contributed by atoms with Gasteiger partial charge in [0.05, 0.1) is 22.7 Å². The van der Waals surface area contributed by atoms with Gasteiger partial charge in [0, 0.05) is 31.7 Å². The van der Waals surface area contributed by atoms with E-state index >= 15 is 0 Å². The molecule has 1 N–H and O–H groups in total. The summed E-state index contributed by atoms with van der Waals surface area (Å²) in [5, 5.41) is 15.5. The quantitative estimate of drug-likeness (QED) is 0.915. The van der Waals surface area contributed by atoms with E-state index in [1.807, 2.05) is 27.0 Å². The molecule has 3 heterocycles. The number of carbonyl (C=O) groups is 1. The highest BCUT2D eigenvalue weighted by atomic mass is 16.3. The molecule has 1 saturated carbocycles. The van der Waals surface area contributed by atoms with Crippen LogP contribution in [-0.4, -0.2) is 49.9 Å². The van der Waals surface area contributed by atoms with Crippen molar-refractivity contribution in [3.8, 4) is 0 Å². The Kier molecular flexibility index (Phi) is 3.60. The molecule has 128 valence electrons. The van der Waals surface area contributed by atoms with Crippen molar-refractivity contribution >= 4 is 16.9 Å². The normalized spacial score (nSPS) is 24.6. The summed E-state index contributed by atoms with van der Waals surface area (Å²) < 4.78 is 1.76. The van der Waals surface area contributed by atoms with Gasteiger partial charge >= 0.3 is 0 Å². The Balaban J connectivity index is 1.78. The Labute approximate surface area is 141 Å². The predicted molar refractivity (Wildman–Crippen MR) is 90.9 cm³/mol. The minimum Gasteiger partial charge on any atom is -0.391 e. The molecule has 24 heavy (non-hydrogen) atoms. The standard InChI is InChI=1S/C18H24N4O2/c1-10-6-7-22(9-15(10)23)18(24)13-8-14(12-4-5-12)19-17-16(13)11(2)20-21(17)3/h8,10,12,15,23H,4-7,9H2,1-3H3. The van der Waals surface area contributed by atoms with Crippen LogP contribution in [0.5, 0.6) is 0 Å². The van der Waals surface area contributed by atoms with Gasteiger partial charge in [-0.2, -0.15) is 5.10 Å². The predicted octanol–water partition coefficient (Wildman–Crippen LogP) is 2.00. The number of hydrogen-bond acceptors (Lipinski definition) is 4. The van der Waals surface area contributed by atoms with Crippen LogP contribution in [0.4, 0.5) is 0 Å². The van der Waals surface area contributed by atoms with Gasteiger partial charge in [0.25, 0.3) is 5.91 Å². The third-order valence-electron chi connectivity index (χ3n) is 5.42. The number of pyridine rings is 1. The fraction of sp³-hybridized carbons (Fsp3) is 0.611. The van der Waals surface area contributed by atoms with Crippen molar-refractivity contribution in [2.75, 3.05) is 13.1 Å². The molecule has 0 spiro atoms. The lowest BCUT2D eigenvalue weighted by Crippen LogP contribution is -2.45. The Morgan fingerprint density at radius 2 is 2.08 bits per heavy atom. The molecule has 2 aliphatic rings. The first-order valence-corrected chi connectivity index (χ1v) is 8.77. The van der Waals surface area contributed by atoms with E-state index in [1.54, 1.807) is 9.58 Å². The minimum atomic E-state index is -0.446. The zero-order valence-electron chi connectivity index (χ0n) is 14.5. The third kappa shape index (κ3) is 2.49. The second-order valence-electron chi connectivity index (χ2n) is 7.36. The van der Waals surface area contributed by atoms with Gasteiger partial charge in [-0.1, -0.05) is 6.92 Å². The van der Waals surface area contributed by atoms with E-state index in [0.29, 0.717) is 24.6 Å². The first kappa shape index (κ1) is 15.6. The number of fused-ring (bicyclic) bond motifs is 1. The monoisotopic (exact) mass is 328 g/mol. The maximum absolute atomic E-state index is 13.2. The number of hydrogen-bond donors (Lipinski definition) is 1. The zero-order valence-corrected chi connectivity index (χ0v) is 14.5. The van der Waals surface area contributed by atoms with Crippen molar-refractivity contribution in [1.29, 1.82) is 0 Å². The number of β-amino-alcohol motifs (C(OH)–C–C–N with tert-alkyl or cyclic N) is 1. The Morgan fingerprint density at radius 1 is 1.33 bits per heavy atom. The van der Waals surface area contributed by atoms with Gasteiger partial charge < -0.3 is 10.0 Å². The first-order chi connectivity index (χ1) is 11.5. The Morgan fingerprint density at radius 3 is 2.75 bits per heavy atom. The maximum atomic E-state index is 13.2. The van der Waals surface area contributed by atoms with Gasteiger partial charge in [0.15, 0.2) is 5.65 Å². The van der Waals surface area contributed by atoms with Crippen LogP contribution in [0.15, 0.2) is 6.07 Å². The van der Waals surface area contributed by atoms with E-state index in [9.17, 15) is 9.90 Å². The molecule has 6 heteroatoms. The topological polar surface area (TPSA) is 71.2 Å². The maximum Gasteiger partial charge on any atom is 0.254 e. The summed E-state index contributed by atoms with van der Waals surface area (Å²) in [5.41, 5.74) is 3.30. The van der Waals surface area contributed by atoms with Gasteiger partial charge in [-0.05, 0) is 38.2 Å². The lowest BCUT2D eigenvalue weighted by atomic mass is 9.95. The van der Waals surface area contributed by atoms with E-state index < -0.39 is 6.10 Å². The summed E-state index contributed by atoms with van der Waals surface area (Å²) in [6, 6.07) is 1.96. The Hall–Kier alpha value is -1.95. The number of aryl methyl sites for hydroxylation is 2. The van der Waals surface area contributed by atoms with Crippen LogP contribution in [0, 0.1) is 12.8 Å². The van der Waals surface area contributed by atoms with Crippen molar-refractivity contribution in [1.82, 2.24) is 19.7 Å². The average Bonchev–Trinajstić information content (AvgIpc) is 3.36. The highest BCUT2D eigenvalue weighted by Gasteiger charge is 2.32. The number of likely N-dealkylation sites (tertiary alicyclic amines) is 1. The highest BCUT2D eigenvalue weighted by molar-refractivity contribution is 6.06. The zero-order chi connectivity index (χ0) is 17.0. The molecule has 1 aliphatic carbocycles. The van der Waals surface area contributed by atoms with Crippen molar-refractivity contribution in [3.05, 3.63) is 23.0 Å². The van der Waals surface area contributed by atoms with Gasteiger partial charge in [0.1, 0.15) is 0 Å². The molecule has 2 fully saturated rings. The van der Waals surface area contributed by atoms with Gasteiger partial charge in [-0.25, -0.2) is 4.98 Å². The van der Waals surface area contributed by atoms with E-state index in [1.165, 1.54) is 0 Å². The third-order valence-corrected chi connectivity index (χ3v) is 5.42. The molecular formula is C18H24N4O2. The molecular weight excluding hydrogens is 304 g/mol. The molecule has 0 bridgehead atoms. The summed E-state index contributed by atoms with van der Waals surface area (Å²) in [6.45, 7) is 5.05. The van der Waals surface area contributed by atoms with Crippen LogP contribution in [0.3, 0.4) is 0 Å². The minimum absolute atomic E-state index is 0.00801. The van der Waals surface area contributed by atoms with E-state index in [0.717, 1.165) is 41.7 Å². The van der Waals surface area contributed by atoms with Crippen LogP contribution in [0.1, 0.15) is 53.8 Å². The number of carbonyl (C=O) groups excluding carboxylic acids is 1. The molecule has 4 rings (SSSR count). The average molecular weight is 328 g/mol. The number of aromatic nitrogens is 3. The highest BCUT2D eigenvalue weighted by Crippen LogP contribution is 2.40. The van der Waals surface area contributed by atoms with E-state index in [-0.39, 0.29) is 11.8 Å². The first-order valence-electron chi connectivity index (χ1n) is 8.77. The van der Waals surface area contributed by atoms with Crippen molar-refractivity contribution < 1.29 is 9.90 Å². The fourth-order valence-electron chi connectivity index (χ4n) is 3.62. The van der Waals surface area contributed by atoms with E-state index in [4.69, 9.17) is 4.98 Å². The van der Waals surface area contributed by atoms with Crippen LogP contribution < -0.4 is 0 Å². The van der Waals surface area contributed by atoms with Gasteiger partial charge in [-0.3, -0.25) is 9.48 Å². The summed E-state index contributed by atoms with van der Waals surface area (Å²) in [7, 11) is 1.87. The Bertz CT molecular complexity index is 809. The lowest BCUT2D eigenvalue weighted by Gasteiger charge is -2.34. The number of aliphatic hydroxyl groups is 1. The second kappa shape index (κ2) is 5.55. The number of rotatable bonds is 2. The SMILES string of the molecule is Cc1nn(C)c2nc(C3CC3)cc(C(=O)N3CCC(C)C(O)C3)c12. The molecule has 2 aromatic rings. The summed E-state index contributed by atoms with van der Waals surface area (Å²) >= 11 is 0.